The number of thioether (sulfide) groups is 1. The van der Waals surface area contributed by atoms with Gasteiger partial charge in [-0.15, -0.1) is 0 Å². The summed E-state index contributed by atoms with van der Waals surface area (Å²) in [6, 6.07) is -4.12. The Morgan fingerprint density at radius 3 is 1.61 bits per heavy atom. The third-order valence-corrected chi connectivity index (χ3v) is 5.08. The molecule has 10 nitrogen and oxygen atoms in total. The van der Waals surface area contributed by atoms with Gasteiger partial charge in [0.05, 0.1) is 6.61 Å². The average Bonchev–Trinajstić information content (AvgIpc) is 2.67. The Hall–Kier alpha value is -1.85. The summed E-state index contributed by atoms with van der Waals surface area (Å²) in [5.41, 5.74) is 5.52. The van der Waals surface area contributed by atoms with E-state index in [1.54, 1.807) is 0 Å². The highest BCUT2D eigenvalue weighted by molar-refractivity contribution is 7.98. The second-order valence-corrected chi connectivity index (χ2v) is 9.34. The first-order valence-electron chi connectivity index (χ1n) is 10.4. The van der Waals surface area contributed by atoms with E-state index in [0.29, 0.717) is 18.6 Å². The molecule has 0 rings (SSSR count). The smallest absolute Gasteiger partial charge is 0.326 e. The number of hydrogen-bond donors (Lipinski definition) is 6. The summed E-state index contributed by atoms with van der Waals surface area (Å²) in [6.45, 7) is 6.94. The van der Waals surface area contributed by atoms with Crippen LogP contribution >= 0.6 is 11.8 Å². The second kappa shape index (κ2) is 15.0. The Bertz CT molecular complexity index is 602. The third-order valence-electron chi connectivity index (χ3n) is 4.44. The van der Waals surface area contributed by atoms with Crippen molar-refractivity contribution >= 4 is 35.5 Å². The van der Waals surface area contributed by atoms with Crippen molar-refractivity contribution in [3.05, 3.63) is 0 Å². The molecule has 0 aliphatic carbocycles. The molecule has 180 valence electrons. The molecule has 0 aromatic rings. The summed E-state index contributed by atoms with van der Waals surface area (Å²) in [4.78, 5) is 49.2. The van der Waals surface area contributed by atoms with Crippen LogP contribution in [0.3, 0.4) is 0 Å². The van der Waals surface area contributed by atoms with Crippen LogP contribution in [-0.2, 0) is 19.2 Å². The molecular weight excluding hydrogens is 424 g/mol. The minimum absolute atomic E-state index is 0.0477. The van der Waals surface area contributed by atoms with E-state index >= 15 is 0 Å². The van der Waals surface area contributed by atoms with Crippen LogP contribution in [0, 0.1) is 11.8 Å². The van der Waals surface area contributed by atoms with Crippen molar-refractivity contribution < 1.29 is 29.4 Å². The fraction of sp³-hybridized carbons (Fsp3) is 0.800. The number of carboxylic acid groups (broad SMARTS) is 1. The molecule has 31 heavy (non-hydrogen) atoms. The Balaban J connectivity index is 5.41. The molecule has 0 bridgehead atoms. The van der Waals surface area contributed by atoms with E-state index in [0.717, 1.165) is 0 Å². The van der Waals surface area contributed by atoms with Gasteiger partial charge in [0.1, 0.15) is 24.2 Å². The molecule has 0 heterocycles. The molecule has 3 amide bonds. The Morgan fingerprint density at radius 1 is 0.839 bits per heavy atom. The van der Waals surface area contributed by atoms with E-state index in [2.05, 4.69) is 16.0 Å². The maximum atomic E-state index is 12.9. The van der Waals surface area contributed by atoms with E-state index in [9.17, 15) is 24.3 Å². The number of nitrogens with one attached hydrogen (secondary N) is 3. The molecule has 7 N–H and O–H groups in total. The molecule has 0 spiro atoms. The van der Waals surface area contributed by atoms with Crippen molar-refractivity contribution in [3.8, 4) is 0 Å². The van der Waals surface area contributed by atoms with Crippen LogP contribution in [0.4, 0.5) is 0 Å². The zero-order valence-electron chi connectivity index (χ0n) is 19.0. The fourth-order valence-corrected chi connectivity index (χ4v) is 3.28. The number of nitrogens with two attached hydrogens (primary N) is 1. The van der Waals surface area contributed by atoms with E-state index in [4.69, 9.17) is 10.8 Å². The lowest BCUT2D eigenvalue weighted by molar-refractivity contribution is -0.142. The first kappa shape index (κ1) is 29.1. The number of aliphatic hydroxyl groups excluding tert-OH is 1. The van der Waals surface area contributed by atoms with Crippen LogP contribution in [0.15, 0.2) is 0 Å². The maximum absolute atomic E-state index is 12.9. The highest BCUT2D eigenvalue weighted by Gasteiger charge is 2.30. The van der Waals surface area contributed by atoms with Gasteiger partial charge in [-0.05, 0) is 43.1 Å². The molecule has 0 fully saturated rings. The number of hydrogen-bond acceptors (Lipinski definition) is 7. The number of carbonyl (C=O) groups is 4. The lowest BCUT2D eigenvalue weighted by Gasteiger charge is -2.26. The largest absolute Gasteiger partial charge is 0.480 e. The van der Waals surface area contributed by atoms with Crippen molar-refractivity contribution in [1.82, 2.24) is 16.0 Å². The Labute approximate surface area is 188 Å². The molecule has 0 saturated carbocycles. The molecule has 11 heteroatoms. The molecule has 0 aromatic carbocycles. The standard InChI is InChI=1S/C20H38N4O6S/c1-11(2)8-15(23-17(26)13(21)10-25)19(28)24-16(9-12(3)4)18(27)22-14(20(29)30)6-7-31-5/h11-16,25H,6-10,21H2,1-5H3,(H,22,27)(H,23,26)(H,24,28)(H,29,30). The zero-order valence-corrected chi connectivity index (χ0v) is 19.8. The average molecular weight is 463 g/mol. The van der Waals surface area contributed by atoms with Crippen molar-refractivity contribution in [2.75, 3.05) is 18.6 Å². The summed E-state index contributed by atoms with van der Waals surface area (Å²) >= 11 is 1.47. The Morgan fingerprint density at radius 2 is 1.26 bits per heavy atom. The number of aliphatic hydroxyl groups is 1. The number of aliphatic carboxylic acids is 1. The van der Waals surface area contributed by atoms with Gasteiger partial charge < -0.3 is 31.9 Å². The molecule has 4 unspecified atom stereocenters. The zero-order chi connectivity index (χ0) is 24.1. The van der Waals surface area contributed by atoms with Gasteiger partial charge in [0, 0.05) is 0 Å². The SMILES string of the molecule is CSCCC(NC(=O)C(CC(C)C)NC(=O)C(CC(C)C)NC(=O)C(N)CO)C(=O)O. The van der Waals surface area contributed by atoms with E-state index < -0.39 is 54.5 Å². The topological polar surface area (TPSA) is 171 Å². The summed E-state index contributed by atoms with van der Waals surface area (Å²) < 4.78 is 0. The highest BCUT2D eigenvalue weighted by atomic mass is 32.2. The highest BCUT2D eigenvalue weighted by Crippen LogP contribution is 2.10. The predicted molar refractivity (Wildman–Crippen MR) is 120 cm³/mol. The van der Waals surface area contributed by atoms with Crippen LogP contribution in [0.2, 0.25) is 0 Å². The van der Waals surface area contributed by atoms with Crippen molar-refractivity contribution in [2.45, 2.75) is 71.1 Å². The van der Waals surface area contributed by atoms with Crippen molar-refractivity contribution in [1.29, 1.82) is 0 Å². The summed E-state index contributed by atoms with van der Waals surface area (Å²) in [6.07, 6.45) is 2.70. The summed E-state index contributed by atoms with van der Waals surface area (Å²) in [7, 11) is 0. The van der Waals surface area contributed by atoms with Gasteiger partial charge >= 0.3 is 5.97 Å². The molecule has 0 aromatic heterocycles. The first-order valence-corrected chi connectivity index (χ1v) is 11.8. The normalized spacial score (nSPS) is 15.1. The first-order chi connectivity index (χ1) is 14.4. The number of carbonyl (C=O) groups excluding carboxylic acids is 3. The number of amides is 3. The molecule has 0 aliphatic heterocycles. The second-order valence-electron chi connectivity index (χ2n) is 8.35. The molecule has 0 aliphatic rings. The van der Waals surface area contributed by atoms with Crippen molar-refractivity contribution in [3.63, 3.8) is 0 Å². The van der Waals surface area contributed by atoms with E-state index in [1.165, 1.54) is 11.8 Å². The van der Waals surface area contributed by atoms with Gasteiger partial charge in [-0.1, -0.05) is 27.7 Å². The lowest BCUT2D eigenvalue weighted by atomic mass is 9.99. The minimum atomic E-state index is -1.16. The number of carboxylic acids is 1. The van der Waals surface area contributed by atoms with Crippen LogP contribution in [0.25, 0.3) is 0 Å². The quantitative estimate of drug-likeness (QED) is 0.192. The Kier molecular flexibility index (Phi) is 14.1. The van der Waals surface area contributed by atoms with E-state index in [-0.39, 0.29) is 18.3 Å². The molecular formula is C20H38N4O6S. The summed E-state index contributed by atoms with van der Waals surface area (Å²) in [5.74, 6) is -2.29. The van der Waals surface area contributed by atoms with Gasteiger partial charge in [0.2, 0.25) is 17.7 Å². The van der Waals surface area contributed by atoms with E-state index in [1.807, 2.05) is 34.0 Å². The van der Waals surface area contributed by atoms with Gasteiger partial charge in [-0.3, -0.25) is 14.4 Å². The minimum Gasteiger partial charge on any atom is -0.480 e. The monoisotopic (exact) mass is 462 g/mol. The summed E-state index contributed by atoms with van der Waals surface area (Å²) in [5, 5.41) is 26.1. The molecule has 4 atom stereocenters. The molecule has 0 saturated heterocycles. The maximum Gasteiger partial charge on any atom is 0.326 e. The predicted octanol–water partition coefficient (Wildman–Crippen LogP) is -0.310. The van der Waals surface area contributed by atoms with Crippen LogP contribution in [-0.4, -0.2) is 76.7 Å². The van der Waals surface area contributed by atoms with Crippen LogP contribution in [0.1, 0.15) is 47.0 Å². The van der Waals surface area contributed by atoms with Gasteiger partial charge in [0.15, 0.2) is 0 Å². The van der Waals surface area contributed by atoms with Crippen LogP contribution in [0.5, 0.6) is 0 Å². The lowest BCUT2D eigenvalue weighted by Crippen LogP contribution is -2.57. The van der Waals surface area contributed by atoms with Crippen LogP contribution < -0.4 is 21.7 Å². The van der Waals surface area contributed by atoms with Crippen molar-refractivity contribution in [2.24, 2.45) is 17.6 Å². The molecule has 0 radical (unpaired) electrons. The third kappa shape index (κ3) is 11.9. The van der Waals surface area contributed by atoms with Gasteiger partial charge in [0.25, 0.3) is 0 Å². The fourth-order valence-electron chi connectivity index (χ4n) is 2.81. The van der Waals surface area contributed by atoms with Gasteiger partial charge in [-0.2, -0.15) is 11.8 Å². The number of rotatable bonds is 15. The van der Waals surface area contributed by atoms with Gasteiger partial charge in [-0.25, -0.2) is 4.79 Å².